The smallest absolute Gasteiger partial charge is 0.241 e. The molecule has 0 radical (unpaired) electrons. The van der Waals surface area contributed by atoms with Crippen molar-refractivity contribution in [3.63, 3.8) is 0 Å². The third-order valence-electron chi connectivity index (χ3n) is 3.87. The number of anilines is 1. The standard InChI is InChI=1S/C16H24N2O/c1-12-9-13(2)11-18(10-12)14(3)16(19)17-15-7-5-4-6-8-15/h4-8,12-14H,9-11H2,1-3H3,(H,17,19)/t12-,13+,14-/m1/s1. The van der Waals surface area contributed by atoms with Crippen LogP contribution in [0.25, 0.3) is 0 Å². The Balaban J connectivity index is 1.95. The van der Waals surface area contributed by atoms with Crippen molar-refractivity contribution in [1.29, 1.82) is 0 Å². The molecule has 0 saturated carbocycles. The zero-order chi connectivity index (χ0) is 13.8. The summed E-state index contributed by atoms with van der Waals surface area (Å²) in [6, 6.07) is 9.60. The van der Waals surface area contributed by atoms with Gasteiger partial charge in [0, 0.05) is 18.8 Å². The first-order valence-corrected chi connectivity index (χ1v) is 7.16. The lowest BCUT2D eigenvalue weighted by molar-refractivity contribution is -0.121. The minimum Gasteiger partial charge on any atom is -0.325 e. The lowest BCUT2D eigenvalue weighted by Gasteiger charge is -2.38. The van der Waals surface area contributed by atoms with E-state index in [0.717, 1.165) is 18.8 Å². The molecule has 1 aromatic rings. The highest BCUT2D eigenvalue weighted by atomic mass is 16.2. The molecule has 3 atom stereocenters. The van der Waals surface area contributed by atoms with Gasteiger partial charge in [-0.1, -0.05) is 32.0 Å². The molecule has 1 aromatic carbocycles. The minimum absolute atomic E-state index is 0.0644. The first-order valence-electron chi connectivity index (χ1n) is 7.16. The fourth-order valence-corrected chi connectivity index (χ4v) is 2.96. The fourth-order valence-electron chi connectivity index (χ4n) is 2.96. The Labute approximate surface area is 116 Å². The molecule has 1 heterocycles. The second-order valence-electron chi connectivity index (χ2n) is 5.93. The van der Waals surface area contributed by atoms with Crippen LogP contribution in [-0.2, 0) is 4.79 Å². The molecule has 3 heteroatoms. The largest absolute Gasteiger partial charge is 0.325 e. The van der Waals surface area contributed by atoms with Gasteiger partial charge in [0.15, 0.2) is 0 Å². The van der Waals surface area contributed by atoms with Gasteiger partial charge in [-0.25, -0.2) is 0 Å². The quantitative estimate of drug-likeness (QED) is 0.906. The number of para-hydroxylation sites is 1. The number of nitrogens with one attached hydrogen (secondary N) is 1. The van der Waals surface area contributed by atoms with Gasteiger partial charge in [-0.3, -0.25) is 9.69 Å². The van der Waals surface area contributed by atoms with Gasteiger partial charge in [-0.2, -0.15) is 0 Å². The zero-order valence-electron chi connectivity index (χ0n) is 12.1. The SMILES string of the molecule is C[C@@H]1C[C@H](C)CN([C@H](C)C(=O)Nc2ccccc2)C1. The summed E-state index contributed by atoms with van der Waals surface area (Å²) >= 11 is 0. The number of rotatable bonds is 3. The number of hydrogen-bond acceptors (Lipinski definition) is 2. The van der Waals surface area contributed by atoms with E-state index in [1.807, 2.05) is 37.3 Å². The van der Waals surface area contributed by atoms with E-state index in [-0.39, 0.29) is 11.9 Å². The monoisotopic (exact) mass is 260 g/mol. The highest BCUT2D eigenvalue weighted by Crippen LogP contribution is 2.23. The molecular formula is C16H24N2O. The van der Waals surface area contributed by atoms with E-state index in [4.69, 9.17) is 0 Å². The first-order chi connectivity index (χ1) is 9.06. The minimum atomic E-state index is -0.0644. The zero-order valence-corrected chi connectivity index (χ0v) is 12.1. The molecule has 1 fully saturated rings. The molecule has 2 rings (SSSR count). The van der Waals surface area contributed by atoms with Crippen LogP contribution in [0.15, 0.2) is 30.3 Å². The van der Waals surface area contributed by atoms with Crippen LogP contribution in [-0.4, -0.2) is 29.9 Å². The number of likely N-dealkylation sites (tertiary alicyclic amines) is 1. The van der Waals surface area contributed by atoms with E-state index >= 15 is 0 Å². The van der Waals surface area contributed by atoms with E-state index < -0.39 is 0 Å². The Hall–Kier alpha value is -1.35. The maximum atomic E-state index is 12.3. The second kappa shape index (κ2) is 6.20. The van der Waals surface area contributed by atoms with Crippen LogP contribution in [0.2, 0.25) is 0 Å². The summed E-state index contributed by atoms with van der Waals surface area (Å²) in [5.74, 6) is 1.44. The molecule has 1 saturated heterocycles. The molecule has 1 N–H and O–H groups in total. The number of benzene rings is 1. The number of carbonyl (C=O) groups excluding carboxylic acids is 1. The first kappa shape index (κ1) is 14.1. The van der Waals surface area contributed by atoms with Crippen LogP contribution < -0.4 is 5.32 Å². The fraction of sp³-hybridized carbons (Fsp3) is 0.562. The average Bonchev–Trinajstić information content (AvgIpc) is 2.37. The molecule has 0 aromatic heterocycles. The summed E-state index contributed by atoms with van der Waals surface area (Å²) in [6.45, 7) is 8.58. The van der Waals surface area contributed by atoms with Gasteiger partial charge >= 0.3 is 0 Å². The molecule has 3 nitrogen and oxygen atoms in total. The van der Waals surface area contributed by atoms with Crippen LogP contribution in [0, 0.1) is 11.8 Å². The van der Waals surface area contributed by atoms with Crippen molar-refractivity contribution >= 4 is 11.6 Å². The molecular weight excluding hydrogens is 236 g/mol. The van der Waals surface area contributed by atoms with Crippen LogP contribution in [0.5, 0.6) is 0 Å². The summed E-state index contributed by atoms with van der Waals surface area (Å²) in [4.78, 5) is 14.6. The van der Waals surface area contributed by atoms with E-state index in [1.54, 1.807) is 0 Å². The summed E-state index contributed by atoms with van der Waals surface area (Å²) < 4.78 is 0. The van der Waals surface area contributed by atoms with Gasteiger partial charge in [0.1, 0.15) is 0 Å². The Morgan fingerprint density at radius 3 is 2.37 bits per heavy atom. The molecule has 0 unspecified atom stereocenters. The van der Waals surface area contributed by atoms with Crippen molar-refractivity contribution < 1.29 is 4.79 Å². The highest BCUT2D eigenvalue weighted by Gasteiger charge is 2.28. The van der Waals surface area contributed by atoms with Gasteiger partial charge in [-0.15, -0.1) is 0 Å². The summed E-state index contributed by atoms with van der Waals surface area (Å²) in [7, 11) is 0. The normalized spacial score (nSPS) is 25.8. The van der Waals surface area contributed by atoms with Crippen molar-refractivity contribution in [3.05, 3.63) is 30.3 Å². The Morgan fingerprint density at radius 1 is 1.21 bits per heavy atom. The van der Waals surface area contributed by atoms with Gasteiger partial charge in [0.05, 0.1) is 6.04 Å². The van der Waals surface area contributed by atoms with E-state index in [0.29, 0.717) is 11.8 Å². The predicted molar refractivity (Wildman–Crippen MR) is 79.1 cm³/mol. The van der Waals surface area contributed by atoms with Crippen LogP contribution in [0.4, 0.5) is 5.69 Å². The molecule has 0 aliphatic carbocycles. The number of amides is 1. The Bertz CT molecular complexity index is 408. The molecule has 1 aliphatic rings. The lowest BCUT2D eigenvalue weighted by Crippen LogP contribution is -2.48. The van der Waals surface area contributed by atoms with Gasteiger partial charge in [0.25, 0.3) is 0 Å². The molecule has 19 heavy (non-hydrogen) atoms. The summed E-state index contributed by atoms with van der Waals surface area (Å²) in [6.07, 6.45) is 1.27. The Morgan fingerprint density at radius 2 is 1.79 bits per heavy atom. The van der Waals surface area contributed by atoms with Crippen molar-refractivity contribution in [2.45, 2.75) is 33.2 Å². The third-order valence-corrected chi connectivity index (χ3v) is 3.87. The van der Waals surface area contributed by atoms with Gasteiger partial charge in [-0.05, 0) is 37.3 Å². The average molecular weight is 260 g/mol. The maximum absolute atomic E-state index is 12.3. The van der Waals surface area contributed by atoms with Crippen LogP contribution in [0.1, 0.15) is 27.2 Å². The molecule has 1 amide bonds. The van der Waals surface area contributed by atoms with Gasteiger partial charge in [0.2, 0.25) is 5.91 Å². The van der Waals surface area contributed by atoms with Crippen molar-refractivity contribution in [2.75, 3.05) is 18.4 Å². The number of hydrogen-bond donors (Lipinski definition) is 1. The highest BCUT2D eigenvalue weighted by molar-refractivity contribution is 5.94. The van der Waals surface area contributed by atoms with Gasteiger partial charge < -0.3 is 5.32 Å². The summed E-state index contributed by atoms with van der Waals surface area (Å²) in [5, 5.41) is 2.99. The Kier molecular flexibility index (Phi) is 4.59. The number of piperidine rings is 1. The summed E-state index contributed by atoms with van der Waals surface area (Å²) in [5.41, 5.74) is 0.873. The molecule has 1 aliphatic heterocycles. The van der Waals surface area contributed by atoms with E-state index in [1.165, 1.54) is 6.42 Å². The second-order valence-corrected chi connectivity index (χ2v) is 5.93. The van der Waals surface area contributed by atoms with E-state index in [2.05, 4.69) is 24.1 Å². The molecule has 0 bridgehead atoms. The lowest BCUT2D eigenvalue weighted by atomic mass is 9.91. The third kappa shape index (κ3) is 3.80. The number of carbonyl (C=O) groups is 1. The van der Waals surface area contributed by atoms with Crippen LogP contribution >= 0.6 is 0 Å². The predicted octanol–water partition coefficient (Wildman–Crippen LogP) is 2.99. The van der Waals surface area contributed by atoms with E-state index in [9.17, 15) is 4.79 Å². The topological polar surface area (TPSA) is 32.3 Å². The van der Waals surface area contributed by atoms with Crippen molar-refractivity contribution in [2.24, 2.45) is 11.8 Å². The van der Waals surface area contributed by atoms with Crippen molar-refractivity contribution in [1.82, 2.24) is 4.90 Å². The van der Waals surface area contributed by atoms with Crippen molar-refractivity contribution in [3.8, 4) is 0 Å². The molecule has 0 spiro atoms. The van der Waals surface area contributed by atoms with Crippen LogP contribution in [0.3, 0.4) is 0 Å². The molecule has 104 valence electrons. The number of nitrogens with zero attached hydrogens (tertiary/aromatic N) is 1. The maximum Gasteiger partial charge on any atom is 0.241 e.